The Morgan fingerprint density at radius 3 is 2.79 bits per heavy atom. The average Bonchev–Trinajstić information content (AvgIpc) is 2.74. The number of nitrogens with two attached hydrogens (primary N) is 1. The number of rotatable bonds is 4. The number of carboxylic acid groups (broad SMARTS) is 1. The van der Waals surface area contributed by atoms with Crippen molar-refractivity contribution in [2.75, 3.05) is 17.7 Å². The molecule has 0 radical (unpaired) electrons. The molecule has 19 heavy (non-hydrogen) atoms. The van der Waals surface area contributed by atoms with Gasteiger partial charge < -0.3 is 15.7 Å². The number of aromatic carboxylic acids is 1. The first-order valence-corrected chi connectivity index (χ1v) is 7.21. The fraction of sp³-hybridized carbons (Fsp3) is 0.154. The first kappa shape index (κ1) is 13.9. The predicted octanol–water partition coefficient (Wildman–Crippen LogP) is 3.43. The van der Waals surface area contributed by atoms with Gasteiger partial charge in [-0.1, -0.05) is 0 Å². The molecule has 0 aliphatic rings. The number of carboxylic acids is 1. The summed E-state index contributed by atoms with van der Waals surface area (Å²) < 4.78 is 1.06. The number of carbonyl (C=O) groups is 1. The molecule has 0 unspecified atom stereocenters. The molecule has 4 nitrogen and oxygen atoms in total. The van der Waals surface area contributed by atoms with Crippen molar-refractivity contribution in [1.29, 1.82) is 0 Å². The van der Waals surface area contributed by atoms with Gasteiger partial charge in [-0.2, -0.15) is 0 Å². The third-order valence-electron chi connectivity index (χ3n) is 2.70. The second-order valence-corrected chi connectivity index (χ2v) is 6.49. The number of anilines is 2. The van der Waals surface area contributed by atoms with Crippen LogP contribution in [0.4, 0.5) is 11.4 Å². The van der Waals surface area contributed by atoms with E-state index in [4.69, 9.17) is 5.73 Å². The van der Waals surface area contributed by atoms with Crippen molar-refractivity contribution in [2.45, 2.75) is 6.54 Å². The molecule has 0 spiro atoms. The Morgan fingerprint density at radius 2 is 2.21 bits per heavy atom. The van der Waals surface area contributed by atoms with Gasteiger partial charge in [0.05, 0.1) is 15.0 Å². The van der Waals surface area contributed by atoms with Gasteiger partial charge in [0.2, 0.25) is 0 Å². The summed E-state index contributed by atoms with van der Waals surface area (Å²) in [5.41, 5.74) is 8.29. The molecule has 0 saturated carbocycles. The van der Waals surface area contributed by atoms with Gasteiger partial charge in [0.15, 0.2) is 0 Å². The van der Waals surface area contributed by atoms with Gasteiger partial charge in [-0.15, -0.1) is 11.3 Å². The number of hydrogen-bond acceptors (Lipinski definition) is 4. The molecule has 1 aromatic carbocycles. The lowest BCUT2D eigenvalue weighted by molar-refractivity contribution is 0.0697. The van der Waals surface area contributed by atoms with Gasteiger partial charge in [0, 0.05) is 19.3 Å². The molecule has 0 amide bonds. The minimum Gasteiger partial charge on any atom is -0.478 e. The number of benzene rings is 1. The molecule has 2 rings (SSSR count). The highest BCUT2D eigenvalue weighted by Gasteiger charge is 2.14. The van der Waals surface area contributed by atoms with Crippen LogP contribution in [0.3, 0.4) is 0 Å². The maximum Gasteiger partial charge on any atom is 0.337 e. The lowest BCUT2D eigenvalue weighted by atomic mass is 10.1. The summed E-state index contributed by atoms with van der Waals surface area (Å²) in [6.07, 6.45) is 0. The third kappa shape index (κ3) is 3.27. The van der Waals surface area contributed by atoms with Crippen LogP contribution in [0.5, 0.6) is 0 Å². The molecular weight excluding hydrogens is 328 g/mol. The average molecular weight is 341 g/mol. The van der Waals surface area contributed by atoms with E-state index in [1.165, 1.54) is 6.07 Å². The molecule has 2 aromatic rings. The van der Waals surface area contributed by atoms with Gasteiger partial charge in [-0.25, -0.2) is 4.79 Å². The van der Waals surface area contributed by atoms with Crippen LogP contribution < -0.4 is 10.6 Å². The first-order valence-electron chi connectivity index (χ1n) is 5.54. The van der Waals surface area contributed by atoms with Crippen molar-refractivity contribution >= 4 is 44.6 Å². The van der Waals surface area contributed by atoms with E-state index < -0.39 is 5.97 Å². The van der Waals surface area contributed by atoms with Crippen LogP contribution in [-0.4, -0.2) is 18.1 Å². The second kappa shape index (κ2) is 5.63. The lowest BCUT2D eigenvalue weighted by Crippen LogP contribution is -2.19. The van der Waals surface area contributed by atoms with E-state index in [-0.39, 0.29) is 5.56 Å². The number of nitrogens with zero attached hydrogens (tertiary/aromatic N) is 1. The Balaban J connectivity index is 2.29. The smallest absolute Gasteiger partial charge is 0.337 e. The van der Waals surface area contributed by atoms with Crippen LogP contribution in [-0.2, 0) is 6.54 Å². The monoisotopic (exact) mass is 340 g/mol. The highest BCUT2D eigenvalue weighted by atomic mass is 79.9. The largest absolute Gasteiger partial charge is 0.478 e. The molecule has 100 valence electrons. The van der Waals surface area contributed by atoms with Crippen molar-refractivity contribution in [3.8, 4) is 0 Å². The van der Waals surface area contributed by atoms with Crippen molar-refractivity contribution in [3.05, 3.63) is 44.6 Å². The number of nitrogen functional groups attached to an aromatic ring is 1. The summed E-state index contributed by atoms with van der Waals surface area (Å²) in [5.74, 6) is -0.951. The van der Waals surface area contributed by atoms with Crippen LogP contribution in [0.25, 0.3) is 0 Å². The maximum absolute atomic E-state index is 11.2. The summed E-state index contributed by atoms with van der Waals surface area (Å²) in [7, 11) is 1.85. The summed E-state index contributed by atoms with van der Waals surface area (Å²) in [6, 6.07) is 6.84. The fourth-order valence-corrected chi connectivity index (χ4v) is 3.03. The van der Waals surface area contributed by atoms with Gasteiger partial charge in [-0.3, -0.25) is 0 Å². The van der Waals surface area contributed by atoms with Crippen LogP contribution in [0.2, 0.25) is 0 Å². The van der Waals surface area contributed by atoms with E-state index in [2.05, 4.69) is 15.9 Å². The van der Waals surface area contributed by atoms with E-state index in [0.717, 1.165) is 9.35 Å². The van der Waals surface area contributed by atoms with Crippen LogP contribution in [0.15, 0.2) is 33.4 Å². The lowest BCUT2D eigenvalue weighted by Gasteiger charge is -2.21. The van der Waals surface area contributed by atoms with Gasteiger partial charge in [-0.05, 0) is 51.1 Å². The minimum atomic E-state index is -0.951. The Labute approximate surface area is 123 Å². The van der Waals surface area contributed by atoms with Crippen LogP contribution in [0.1, 0.15) is 15.9 Å². The van der Waals surface area contributed by atoms with Gasteiger partial charge in [0.1, 0.15) is 0 Å². The Hall–Kier alpha value is -1.53. The first-order chi connectivity index (χ1) is 8.97. The predicted molar refractivity (Wildman–Crippen MR) is 81.9 cm³/mol. The summed E-state index contributed by atoms with van der Waals surface area (Å²) in [5, 5.41) is 11.2. The highest BCUT2D eigenvalue weighted by molar-refractivity contribution is 9.11. The zero-order chi connectivity index (χ0) is 14.0. The highest BCUT2D eigenvalue weighted by Crippen LogP contribution is 2.26. The minimum absolute atomic E-state index is 0.256. The summed E-state index contributed by atoms with van der Waals surface area (Å²) in [4.78, 5) is 13.1. The molecule has 0 saturated heterocycles. The van der Waals surface area contributed by atoms with Crippen molar-refractivity contribution in [2.24, 2.45) is 0 Å². The molecule has 0 aliphatic carbocycles. The third-order valence-corrected chi connectivity index (χ3v) is 4.26. The molecule has 6 heteroatoms. The van der Waals surface area contributed by atoms with Crippen molar-refractivity contribution in [3.63, 3.8) is 0 Å². The maximum atomic E-state index is 11.2. The molecule has 3 N–H and O–H groups in total. The second-order valence-electron chi connectivity index (χ2n) is 4.20. The molecule has 1 heterocycles. The number of thiophene rings is 1. The molecule has 0 bridgehead atoms. The zero-order valence-corrected chi connectivity index (χ0v) is 12.7. The molecule has 1 aromatic heterocycles. The zero-order valence-electron chi connectivity index (χ0n) is 10.3. The van der Waals surface area contributed by atoms with Crippen LogP contribution >= 0.6 is 27.3 Å². The van der Waals surface area contributed by atoms with E-state index in [1.807, 2.05) is 23.4 Å². The van der Waals surface area contributed by atoms with Gasteiger partial charge in [0.25, 0.3) is 0 Å². The number of halogens is 1. The summed E-state index contributed by atoms with van der Waals surface area (Å²) in [6.45, 7) is 0.631. The normalized spacial score (nSPS) is 10.4. The van der Waals surface area contributed by atoms with Crippen LogP contribution in [0, 0.1) is 0 Å². The Bertz CT molecular complexity index is 612. The quantitative estimate of drug-likeness (QED) is 0.836. The van der Waals surface area contributed by atoms with Crippen molar-refractivity contribution in [1.82, 2.24) is 0 Å². The SMILES string of the molecule is CN(Cc1csc(Br)c1)c1cc(N)ccc1C(=O)O. The van der Waals surface area contributed by atoms with Crippen molar-refractivity contribution < 1.29 is 9.90 Å². The van der Waals surface area contributed by atoms with E-state index in [1.54, 1.807) is 23.5 Å². The van der Waals surface area contributed by atoms with E-state index in [9.17, 15) is 9.90 Å². The Kier molecular flexibility index (Phi) is 4.11. The molecule has 0 atom stereocenters. The number of hydrogen-bond donors (Lipinski definition) is 2. The fourth-order valence-electron chi connectivity index (χ4n) is 1.83. The molecular formula is C13H13BrN2O2S. The Morgan fingerprint density at radius 1 is 1.47 bits per heavy atom. The van der Waals surface area contributed by atoms with Gasteiger partial charge >= 0.3 is 5.97 Å². The van der Waals surface area contributed by atoms with E-state index in [0.29, 0.717) is 17.9 Å². The summed E-state index contributed by atoms with van der Waals surface area (Å²) >= 11 is 5.02. The standard InChI is InChI=1S/C13H13BrN2O2S/c1-16(6-8-4-12(14)19-7-8)11-5-9(15)2-3-10(11)13(17)18/h2-5,7H,6,15H2,1H3,(H,17,18). The van der Waals surface area contributed by atoms with E-state index >= 15 is 0 Å². The molecule has 0 aliphatic heterocycles. The topological polar surface area (TPSA) is 66.6 Å². The molecule has 0 fully saturated rings.